The van der Waals surface area contributed by atoms with Crippen LogP contribution in [0.5, 0.6) is 0 Å². The van der Waals surface area contributed by atoms with Gasteiger partial charge in [-0.3, -0.25) is 9.59 Å². The summed E-state index contributed by atoms with van der Waals surface area (Å²) < 4.78 is 0.888. The molecule has 6 heteroatoms. The van der Waals surface area contributed by atoms with Crippen molar-refractivity contribution >= 4 is 45.0 Å². The average Bonchev–Trinajstić information content (AvgIpc) is 2.34. The standard InChI is InChI=1S/C11H12BrClN2O2/c1-15(9-4-2-3-8(12)5-9)11(17)7-14-10(16)6-13/h2-5H,6-7H2,1H3,(H,14,16). The van der Waals surface area contributed by atoms with Gasteiger partial charge in [0.05, 0.1) is 6.54 Å². The maximum Gasteiger partial charge on any atom is 0.246 e. The molecule has 0 aliphatic heterocycles. The molecule has 0 saturated carbocycles. The Bertz CT molecular complexity index is 426. The van der Waals surface area contributed by atoms with Crippen LogP contribution in [-0.2, 0) is 9.59 Å². The largest absolute Gasteiger partial charge is 0.346 e. The van der Waals surface area contributed by atoms with Crippen molar-refractivity contribution in [1.82, 2.24) is 5.32 Å². The minimum atomic E-state index is -0.359. The number of rotatable bonds is 4. The summed E-state index contributed by atoms with van der Waals surface area (Å²) in [7, 11) is 1.65. The lowest BCUT2D eigenvalue weighted by Gasteiger charge is -2.17. The molecule has 0 bridgehead atoms. The molecule has 17 heavy (non-hydrogen) atoms. The Morgan fingerprint density at radius 3 is 2.76 bits per heavy atom. The lowest BCUT2D eigenvalue weighted by atomic mass is 10.3. The fraction of sp³-hybridized carbons (Fsp3) is 0.273. The van der Waals surface area contributed by atoms with E-state index in [2.05, 4.69) is 21.2 Å². The summed E-state index contributed by atoms with van der Waals surface area (Å²) in [6, 6.07) is 7.34. The smallest absolute Gasteiger partial charge is 0.246 e. The number of hydrogen-bond acceptors (Lipinski definition) is 2. The van der Waals surface area contributed by atoms with E-state index in [1.54, 1.807) is 7.05 Å². The molecule has 0 spiro atoms. The Labute approximate surface area is 113 Å². The van der Waals surface area contributed by atoms with Crippen molar-refractivity contribution in [3.63, 3.8) is 0 Å². The average molecular weight is 320 g/mol. The normalized spacial score (nSPS) is 9.82. The highest BCUT2D eigenvalue weighted by Gasteiger charge is 2.11. The van der Waals surface area contributed by atoms with Crippen molar-refractivity contribution < 1.29 is 9.59 Å². The molecule has 0 radical (unpaired) electrons. The molecule has 2 amide bonds. The van der Waals surface area contributed by atoms with Crippen molar-refractivity contribution in [2.75, 3.05) is 24.4 Å². The number of nitrogens with one attached hydrogen (secondary N) is 1. The molecule has 1 aromatic carbocycles. The van der Waals surface area contributed by atoms with Crippen LogP contribution in [0.3, 0.4) is 0 Å². The lowest BCUT2D eigenvalue weighted by Crippen LogP contribution is -2.38. The van der Waals surface area contributed by atoms with Gasteiger partial charge in [-0.1, -0.05) is 22.0 Å². The molecule has 0 fully saturated rings. The van der Waals surface area contributed by atoms with Gasteiger partial charge in [-0.2, -0.15) is 0 Å². The Kier molecular flexibility index (Phi) is 5.44. The Morgan fingerprint density at radius 2 is 2.18 bits per heavy atom. The van der Waals surface area contributed by atoms with Gasteiger partial charge in [-0.25, -0.2) is 0 Å². The number of carbonyl (C=O) groups is 2. The van der Waals surface area contributed by atoms with E-state index in [1.807, 2.05) is 24.3 Å². The number of halogens is 2. The fourth-order valence-corrected chi connectivity index (χ4v) is 1.65. The van der Waals surface area contributed by atoms with Crippen molar-refractivity contribution in [3.8, 4) is 0 Å². The number of amides is 2. The van der Waals surface area contributed by atoms with Crippen LogP contribution in [0.15, 0.2) is 28.7 Å². The first-order valence-corrected chi connectivity index (χ1v) is 6.22. The maximum atomic E-state index is 11.7. The third kappa shape index (κ3) is 4.36. The minimum absolute atomic E-state index is 0.0609. The molecule has 0 atom stereocenters. The van der Waals surface area contributed by atoms with Gasteiger partial charge >= 0.3 is 0 Å². The molecule has 0 aliphatic carbocycles. The highest BCUT2D eigenvalue weighted by molar-refractivity contribution is 9.10. The Balaban J connectivity index is 2.60. The van der Waals surface area contributed by atoms with Gasteiger partial charge in [0, 0.05) is 17.2 Å². The summed E-state index contributed by atoms with van der Waals surface area (Å²) in [5.41, 5.74) is 0.754. The minimum Gasteiger partial charge on any atom is -0.346 e. The van der Waals surface area contributed by atoms with Gasteiger partial charge in [0.2, 0.25) is 11.8 Å². The van der Waals surface area contributed by atoms with E-state index in [-0.39, 0.29) is 24.2 Å². The number of carbonyl (C=O) groups excluding carboxylic acids is 2. The van der Waals surface area contributed by atoms with Crippen LogP contribution in [0.4, 0.5) is 5.69 Å². The second kappa shape index (κ2) is 6.61. The first-order valence-electron chi connectivity index (χ1n) is 4.89. The van der Waals surface area contributed by atoms with Crippen molar-refractivity contribution in [2.45, 2.75) is 0 Å². The van der Waals surface area contributed by atoms with E-state index in [9.17, 15) is 9.59 Å². The van der Waals surface area contributed by atoms with E-state index < -0.39 is 0 Å². The highest BCUT2D eigenvalue weighted by atomic mass is 79.9. The van der Waals surface area contributed by atoms with Gasteiger partial charge in [0.25, 0.3) is 0 Å². The molecule has 0 aliphatic rings. The Morgan fingerprint density at radius 1 is 1.47 bits per heavy atom. The maximum absolute atomic E-state index is 11.7. The second-order valence-electron chi connectivity index (χ2n) is 3.34. The molecular weight excluding hydrogens is 307 g/mol. The van der Waals surface area contributed by atoms with Gasteiger partial charge in [-0.15, -0.1) is 11.6 Å². The van der Waals surface area contributed by atoms with E-state index >= 15 is 0 Å². The Hall–Kier alpha value is -1.07. The van der Waals surface area contributed by atoms with Crippen LogP contribution >= 0.6 is 27.5 Å². The number of anilines is 1. The molecule has 0 saturated heterocycles. The van der Waals surface area contributed by atoms with Gasteiger partial charge in [0.1, 0.15) is 5.88 Å². The molecule has 92 valence electrons. The summed E-state index contributed by atoms with van der Waals surface area (Å²) >= 11 is 8.64. The highest BCUT2D eigenvalue weighted by Crippen LogP contribution is 2.18. The second-order valence-corrected chi connectivity index (χ2v) is 4.53. The zero-order chi connectivity index (χ0) is 12.8. The summed E-state index contributed by atoms with van der Waals surface area (Å²) in [5.74, 6) is -0.710. The van der Waals surface area contributed by atoms with Gasteiger partial charge in [-0.05, 0) is 18.2 Å². The molecule has 1 rings (SSSR count). The van der Waals surface area contributed by atoms with Gasteiger partial charge in [0.15, 0.2) is 0 Å². The van der Waals surface area contributed by atoms with Crippen LogP contribution in [0.2, 0.25) is 0 Å². The summed E-state index contributed by atoms with van der Waals surface area (Å²) in [6.07, 6.45) is 0. The summed E-state index contributed by atoms with van der Waals surface area (Å²) in [4.78, 5) is 24.1. The summed E-state index contributed by atoms with van der Waals surface area (Å²) in [5, 5.41) is 2.42. The van der Waals surface area contributed by atoms with E-state index in [1.165, 1.54) is 4.90 Å². The zero-order valence-corrected chi connectivity index (χ0v) is 11.6. The predicted molar refractivity (Wildman–Crippen MR) is 71.3 cm³/mol. The SMILES string of the molecule is CN(C(=O)CNC(=O)CCl)c1cccc(Br)c1. The summed E-state index contributed by atoms with van der Waals surface area (Å²) in [6.45, 7) is -0.0609. The number of alkyl halides is 1. The molecule has 0 unspecified atom stereocenters. The quantitative estimate of drug-likeness (QED) is 0.860. The zero-order valence-electron chi connectivity index (χ0n) is 9.24. The van der Waals surface area contributed by atoms with Crippen LogP contribution in [0.25, 0.3) is 0 Å². The molecular formula is C11H12BrClN2O2. The number of hydrogen-bond donors (Lipinski definition) is 1. The lowest BCUT2D eigenvalue weighted by molar-refractivity contribution is -0.123. The molecule has 1 N–H and O–H groups in total. The molecule has 0 heterocycles. The number of benzene rings is 1. The first kappa shape index (κ1) is 14.0. The van der Waals surface area contributed by atoms with E-state index in [4.69, 9.17) is 11.6 Å². The van der Waals surface area contributed by atoms with Crippen molar-refractivity contribution in [3.05, 3.63) is 28.7 Å². The van der Waals surface area contributed by atoms with Crippen LogP contribution in [-0.4, -0.2) is 31.3 Å². The third-order valence-electron chi connectivity index (χ3n) is 2.13. The molecule has 4 nitrogen and oxygen atoms in total. The van der Waals surface area contributed by atoms with E-state index in [0.29, 0.717) is 0 Å². The van der Waals surface area contributed by atoms with Crippen LogP contribution in [0, 0.1) is 0 Å². The first-order chi connectivity index (χ1) is 8.04. The monoisotopic (exact) mass is 318 g/mol. The van der Waals surface area contributed by atoms with Gasteiger partial charge < -0.3 is 10.2 Å². The topological polar surface area (TPSA) is 49.4 Å². The van der Waals surface area contributed by atoms with E-state index in [0.717, 1.165) is 10.2 Å². The third-order valence-corrected chi connectivity index (χ3v) is 2.86. The number of likely N-dealkylation sites (N-methyl/N-ethyl adjacent to an activating group) is 1. The fourth-order valence-electron chi connectivity index (χ4n) is 1.17. The van der Waals surface area contributed by atoms with Crippen molar-refractivity contribution in [2.24, 2.45) is 0 Å². The van der Waals surface area contributed by atoms with Crippen LogP contribution < -0.4 is 10.2 Å². The predicted octanol–water partition coefficient (Wildman–Crippen LogP) is 1.77. The van der Waals surface area contributed by atoms with Crippen molar-refractivity contribution in [1.29, 1.82) is 0 Å². The molecule has 0 aromatic heterocycles. The van der Waals surface area contributed by atoms with Crippen LogP contribution in [0.1, 0.15) is 0 Å². The number of nitrogens with zero attached hydrogens (tertiary/aromatic N) is 1. The molecule has 1 aromatic rings.